The van der Waals surface area contributed by atoms with Crippen molar-refractivity contribution in [3.8, 4) is 22.3 Å². The van der Waals surface area contributed by atoms with Crippen molar-refractivity contribution in [1.29, 1.82) is 0 Å². The molecule has 2 heterocycles. The Kier molecular flexibility index (Phi) is 12.3. The number of allylic oxidation sites excluding steroid dienone is 6. The lowest BCUT2D eigenvalue weighted by Gasteiger charge is -2.14. The van der Waals surface area contributed by atoms with Crippen LogP contribution in [-0.4, -0.2) is 21.5 Å². The van der Waals surface area contributed by atoms with Crippen LogP contribution in [0, 0.1) is 13.8 Å². The second kappa shape index (κ2) is 17.8. The summed E-state index contributed by atoms with van der Waals surface area (Å²) in [6.45, 7) is 18.5. The van der Waals surface area contributed by atoms with Gasteiger partial charge in [-0.3, -0.25) is 9.97 Å². The molecule has 4 nitrogen and oxygen atoms in total. The molecule has 6 aromatic rings. The van der Waals surface area contributed by atoms with E-state index < -0.39 is 0 Å². The Morgan fingerprint density at radius 3 is 2.07 bits per heavy atom. The molecule has 0 saturated heterocycles. The normalized spacial score (nSPS) is 12.5. The van der Waals surface area contributed by atoms with E-state index in [0.717, 1.165) is 83.5 Å². The van der Waals surface area contributed by atoms with E-state index in [1.165, 1.54) is 0 Å². The van der Waals surface area contributed by atoms with E-state index in [-0.39, 0.29) is 0 Å². The Balaban J connectivity index is 1.55. The first-order chi connectivity index (χ1) is 26.8. The molecule has 0 bridgehead atoms. The maximum Gasteiger partial charge on any atom is 0.160 e. The summed E-state index contributed by atoms with van der Waals surface area (Å²) in [5.41, 5.74) is 14.6. The quantitative estimate of drug-likeness (QED) is 0.0762. The molecular formula is C51H46N4. The molecule has 0 aliphatic carbocycles. The van der Waals surface area contributed by atoms with E-state index >= 15 is 0 Å². The second-order valence-corrected chi connectivity index (χ2v) is 13.4. The maximum absolute atomic E-state index is 5.27. The van der Waals surface area contributed by atoms with Crippen LogP contribution >= 0.6 is 0 Å². The number of aliphatic imine (C=N–C) groups is 2. The molecular weight excluding hydrogens is 669 g/mol. The molecule has 0 unspecified atom stereocenters. The highest BCUT2D eigenvalue weighted by Crippen LogP contribution is 2.32. The highest BCUT2D eigenvalue weighted by molar-refractivity contribution is 6.13. The molecule has 270 valence electrons. The van der Waals surface area contributed by atoms with Gasteiger partial charge in [-0.2, -0.15) is 0 Å². The minimum atomic E-state index is 0.554. The van der Waals surface area contributed by atoms with Crippen molar-refractivity contribution in [3.63, 3.8) is 0 Å². The summed E-state index contributed by atoms with van der Waals surface area (Å²) in [4.78, 5) is 20.1. The fraction of sp³-hybridized carbons (Fsp3) is 0.0980. The third kappa shape index (κ3) is 9.42. The Morgan fingerprint density at radius 1 is 0.618 bits per heavy atom. The summed E-state index contributed by atoms with van der Waals surface area (Å²) in [7, 11) is 0. The molecule has 0 aliphatic rings. The fourth-order valence-electron chi connectivity index (χ4n) is 6.27. The molecule has 0 atom stereocenters. The molecule has 0 N–H and O–H groups in total. The van der Waals surface area contributed by atoms with Gasteiger partial charge in [0, 0.05) is 45.9 Å². The van der Waals surface area contributed by atoms with Gasteiger partial charge in [0.1, 0.15) is 0 Å². The molecule has 0 radical (unpaired) electrons. The van der Waals surface area contributed by atoms with Gasteiger partial charge < -0.3 is 0 Å². The molecule has 55 heavy (non-hydrogen) atoms. The van der Waals surface area contributed by atoms with Gasteiger partial charge in [-0.05, 0) is 122 Å². The van der Waals surface area contributed by atoms with Gasteiger partial charge in [0.25, 0.3) is 0 Å². The first kappa shape index (κ1) is 38.0. The van der Waals surface area contributed by atoms with Gasteiger partial charge in [0.05, 0.1) is 11.2 Å². The van der Waals surface area contributed by atoms with Crippen LogP contribution in [0.5, 0.6) is 0 Å². The van der Waals surface area contributed by atoms with E-state index in [4.69, 9.17) is 20.0 Å². The number of nitrogens with zero attached hydrogens (tertiary/aromatic N) is 4. The minimum Gasteiger partial charge on any atom is -0.260 e. The van der Waals surface area contributed by atoms with Crippen LogP contribution in [-0.2, 0) is 0 Å². The molecule has 0 fully saturated rings. The largest absolute Gasteiger partial charge is 0.260 e. The number of hydrogen-bond acceptors (Lipinski definition) is 3. The van der Waals surface area contributed by atoms with Crippen molar-refractivity contribution in [3.05, 3.63) is 204 Å². The number of aryl methyl sites for hydroxylation is 2. The summed E-state index contributed by atoms with van der Waals surface area (Å²) < 4.78 is 0. The van der Waals surface area contributed by atoms with E-state index in [1.54, 1.807) is 6.08 Å². The molecule has 2 aromatic heterocycles. The van der Waals surface area contributed by atoms with Crippen molar-refractivity contribution in [2.45, 2.75) is 34.6 Å². The van der Waals surface area contributed by atoms with Crippen molar-refractivity contribution < 1.29 is 0 Å². The van der Waals surface area contributed by atoms with Crippen molar-refractivity contribution >= 4 is 46.4 Å². The number of amidine groups is 1. The number of pyridine rings is 2. The third-order valence-electron chi connectivity index (χ3n) is 9.37. The Morgan fingerprint density at radius 2 is 1.35 bits per heavy atom. The highest BCUT2D eigenvalue weighted by atomic mass is 14.9. The topological polar surface area (TPSA) is 50.5 Å². The number of fused-ring (bicyclic) bond motifs is 1. The van der Waals surface area contributed by atoms with Crippen molar-refractivity contribution in [1.82, 2.24) is 9.97 Å². The number of rotatable bonds is 11. The van der Waals surface area contributed by atoms with E-state index in [1.807, 2.05) is 88.7 Å². The lowest BCUT2D eigenvalue weighted by molar-refractivity contribution is 1.19. The zero-order valence-electron chi connectivity index (χ0n) is 32.3. The van der Waals surface area contributed by atoms with Crippen LogP contribution in [0.1, 0.15) is 65.4 Å². The number of benzene rings is 4. The zero-order chi connectivity index (χ0) is 38.7. The van der Waals surface area contributed by atoms with Gasteiger partial charge in [-0.25, -0.2) is 9.98 Å². The van der Waals surface area contributed by atoms with Crippen LogP contribution in [0.15, 0.2) is 169 Å². The predicted octanol–water partition coefficient (Wildman–Crippen LogP) is 13.3. The summed E-state index contributed by atoms with van der Waals surface area (Å²) in [5, 5.41) is 1.07. The molecule has 4 heteroatoms. The molecule has 0 amide bonds. The Labute approximate surface area is 325 Å². The molecule has 0 spiro atoms. The van der Waals surface area contributed by atoms with Gasteiger partial charge in [-0.15, -0.1) is 0 Å². The third-order valence-corrected chi connectivity index (χ3v) is 9.37. The van der Waals surface area contributed by atoms with E-state index in [0.29, 0.717) is 11.5 Å². The molecule has 6 rings (SSSR count). The Hall–Kier alpha value is -6.78. The van der Waals surface area contributed by atoms with E-state index in [2.05, 4.69) is 117 Å². The van der Waals surface area contributed by atoms with Crippen LogP contribution in [0.2, 0.25) is 0 Å². The lowest BCUT2D eigenvalue weighted by atomic mass is 9.95. The van der Waals surface area contributed by atoms with Gasteiger partial charge in [-0.1, -0.05) is 122 Å². The fourth-order valence-corrected chi connectivity index (χ4v) is 6.27. The lowest BCUT2D eigenvalue weighted by Crippen LogP contribution is -2.06. The summed E-state index contributed by atoms with van der Waals surface area (Å²) in [5.74, 6) is 0.554. The average Bonchev–Trinajstić information content (AvgIpc) is 3.21. The van der Waals surface area contributed by atoms with Crippen molar-refractivity contribution in [2.24, 2.45) is 9.98 Å². The maximum atomic E-state index is 5.27. The number of hydrogen-bond donors (Lipinski definition) is 0. The summed E-state index contributed by atoms with van der Waals surface area (Å²) >= 11 is 0. The smallest absolute Gasteiger partial charge is 0.160 e. The minimum absolute atomic E-state index is 0.554. The SMILES string of the molecule is C=C/C=C\c1ccc(C(C)=NC(=NC(=C)c2ccc(/C=C\C=C/C)cc2)c2cc(-c3cnc(C)c(/C=C\C)c3)cc(-c3cnc4ccccc4c3)c2)cc1C. The average molecular weight is 715 g/mol. The zero-order valence-corrected chi connectivity index (χ0v) is 32.3. The standard InChI is InChI=1S/C51H46N4/c1-8-11-13-17-39-21-23-41(24-22-39)37(6)54-51(55-38(7)43-26-25-40(18-12-9-2)35(4)27-43)47-31-45(48-28-42(16-10-3)36(5)52-33-48)30-46(32-47)49-29-44-19-14-15-20-50(44)53-34-49/h8-34H,2,6H2,1,3-5,7H3/b11-8-,16-10-,17-13-,18-12-,54-51?,55-38?. The van der Waals surface area contributed by atoms with Crippen LogP contribution in [0.25, 0.3) is 57.1 Å². The first-order valence-corrected chi connectivity index (χ1v) is 18.5. The molecule has 0 aliphatic heterocycles. The number of para-hydroxylation sites is 1. The molecule has 0 saturated carbocycles. The van der Waals surface area contributed by atoms with Crippen molar-refractivity contribution in [2.75, 3.05) is 0 Å². The highest BCUT2D eigenvalue weighted by Gasteiger charge is 2.14. The summed E-state index contributed by atoms with van der Waals surface area (Å²) in [6.07, 6.45) is 21.9. The number of aromatic nitrogens is 2. The summed E-state index contributed by atoms with van der Waals surface area (Å²) in [6, 6.07) is 33.7. The monoisotopic (exact) mass is 714 g/mol. The van der Waals surface area contributed by atoms with Crippen LogP contribution < -0.4 is 0 Å². The van der Waals surface area contributed by atoms with Gasteiger partial charge in [0.15, 0.2) is 5.84 Å². The van der Waals surface area contributed by atoms with E-state index in [9.17, 15) is 0 Å². The predicted molar refractivity (Wildman–Crippen MR) is 238 cm³/mol. The molecule has 4 aromatic carbocycles. The van der Waals surface area contributed by atoms with Crippen LogP contribution in [0.3, 0.4) is 0 Å². The second-order valence-electron chi connectivity index (χ2n) is 13.4. The van der Waals surface area contributed by atoms with Gasteiger partial charge in [0.2, 0.25) is 0 Å². The van der Waals surface area contributed by atoms with Gasteiger partial charge >= 0.3 is 0 Å². The first-order valence-electron chi connectivity index (χ1n) is 18.5. The Bertz CT molecular complexity index is 2560. The van der Waals surface area contributed by atoms with Crippen LogP contribution in [0.4, 0.5) is 0 Å².